The molecule has 112 valence electrons. The molecule has 1 atom stereocenters. The van der Waals surface area contributed by atoms with E-state index in [0.717, 1.165) is 6.42 Å². The van der Waals surface area contributed by atoms with Gasteiger partial charge in [0.05, 0.1) is 0 Å². The fourth-order valence-corrected chi connectivity index (χ4v) is 2.63. The highest BCUT2D eigenvalue weighted by atomic mass is 16.2. The second-order valence-corrected chi connectivity index (χ2v) is 5.56. The monoisotopic (exact) mass is 293 g/mol. The summed E-state index contributed by atoms with van der Waals surface area (Å²) >= 11 is 0. The first-order valence-corrected chi connectivity index (χ1v) is 7.45. The molecule has 22 heavy (non-hydrogen) atoms. The molecular formula is C18H19N3O. The molecule has 4 nitrogen and oxygen atoms in total. The van der Waals surface area contributed by atoms with Gasteiger partial charge in [0, 0.05) is 18.4 Å². The van der Waals surface area contributed by atoms with Crippen LogP contribution < -0.4 is 5.32 Å². The lowest BCUT2D eigenvalue weighted by Crippen LogP contribution is -2.36. The zero-order chi connectivity index (χ0) is 15.4. The summed E-state index contributed by atoms with van der Waals surface area (Å²) in [6, 6.07) is 16.6. The number of carbonyl (C=O) groups is 1. The molecule has 2 aromatic carbocycles. The minimum atomic E-state index is -0.0167. The van der Waals surface area contributed by atoms with E-state index in [-0.39, 0.29) is 18.5 Å². The molecule has 0 aliphatic rings. The van der Waals surface area contributed by atoms with E-state index >= 15 is 0 Å². The average molecular weight is 293 g/mol. The quantitative estimate of drug-likeness (QED) is 0.786. The Balaban J connectivity index is 1.60. The average Bonchev–Trinajstić information content (AvgIpc) is 2.99. The fourth-order valence-electron chi connectivity index (χ4n) is 2.63. The van der Waals surface area contributed by atoms with Crippen LogP contribution in [0.4, 0.5) is 0 Å². The van der Waals surface area contributed by atoms with Crippen LogP contribution in [-0.2, 0) is 17.8 Å². The van der Waals surface area contributed by atoms with Gasteiger partial charge in [-0.1, -0.05) is 42.5 Å². The number of aromatic nitrogens is 2. The minimum Gasteiger partial charge on any atom is -0.352 e. The first-order valence-electron chi connectivity index (χ1n) is 7.45. The van der Waals surface area contributed by atoms with Gasteiger partial charge in [-0.05, 0) is 35.7 Å². The Morgan fingerprint density at radius 2 is 2.00 bits per heavy atom. The summed E-state index contributed by atoms with van der Waals surface area (Å²) in [6.45, 7) is 2.28. The standard InChI is InChI=1S/C18H19N3O/c1-14(20-18(22)13-21-10-4-9-19-21)11-15-7-8-16-5-2-3-6-17(16)12-15/h2-10,12,14H,11,13H2,1H3,(H,20,22). The number of fused-ring (bicyclic) bond motifs is 1. The first-order chi connectivity index (χ1) is 10.7. The van der Waals surface area contributed by atoms with Crippen LogP contribution in [0.5, 0.6) is 0 Å². The first kappa shape index (κ1) is 14.3. The third-order valence-corrected chi connectivity index (χ3v) is 3.63. The van der Waals surface area contributed by atoms with E-state index in [1.165, 1.54) is 16.3 Å². The molecule has 1 unspecified atom stereocenters. The lowest BCUT2D eigenvalue weighted by atomic mass is 10.0. The molecule has 0 bridgehead atoms. The molecule has 1 aromatic heterocycles. The van der Waals surface area contributed by atoms with Crippen molar-refractivity contribution in [2.24, 2.45) is 0 Å². The number of hydrogen-bond donors (Lipinski definition) is 1. The highest BCUT2D eigenvalue weighted by Crippen LogP contribution is 2.16. The number of hydrogen-bond acceptors (Lipinski definition) is 2. The van der Waals surface area contributed by atoms with Crippen LogP contribution in [0.25, 0.3) is 10.8 Å². The van der Waals surface area contributed by atoms with Crippen molar-refractivity contribution in [3.05, 3.63) is 66.5 Å². The van der Waals surface area contributed by atoms with Crippen LogP contribution in [0, 0.1) is 0 Å². The highest BCUT2D eigenvalue weighted by molar-refractivity contribution is 5.83. The van der Waals surface area contributed by atoms with Crippen LogP contribution in [-0.4, -0.2) is 21.7 Å². The maximum atomic E-state index is 12.0. The Kier molecular flexibility index (Phi) is 4.19. The van der Waals surface area contributed by atoms with Crippen LogP contribution in [0.15, 0.2) is 60.9 Å². The topological polar surface area (TPSA) is 46.9 Å². The molecule has 3 aromatic rings. The maximum absolute atomic E-state index is 12.0. The zero-order valence-corrected chi connectivity index (χ0v) is 12.6. The normalized spacial score (nSPS) is 12.2. The lowest BCUT2D eigenvalue weighted by molar-refractivity contribution is -0.122. The van der Waals surface area contributed by atoms with Gasteiger partial charge in [0.15, 0.2) is 0 Å². The van der Waals surface area contributed by atoms with Gasteiger partial charge in [0.2, 0.25) is 5.91 Å². The molecule has 0 aliphatic heterocycles. The molecule has 0 radical (unpaired) electrons. The summed E-state index contributed by atoms with van der Waals surface area (Å²) in [7, 11) is 0. The predicted molar refractivity (Wildman–Crippen MR) is 87.5 cm³/mol. The largest absolute Gasteiger partial charge is 0.352 e. The Bertz CT molecular complexity index is 765. The van der Waals surface area contributed by atoms with E-state index in [4.69, 9.17) is 0 Å². The van der Waals surface area contributed by atoms with Crippen molar-refractivity contribution in [2.75, 3.05) is 0 Å². The van der Waals surface area contributed by atoms with Gasteiger partial charge >= 0.3 is 0 Å². The molecule has 0 aliphatic carbocycles. The van der Waals surface area contributed by atoms with Crippen molar-refractivity contribution in [3.63, 3.8) is 0 Å². The number of amides is 1. The molecule has 0 saturated heterocycles. The fraction of sp³-hybridized carbons (Fsp3) is 0.222. The van der Waals surface area contributed by atoms with Crippen LogP contribution >= 0.6 is 0 Å². The lowest BCUT2D eigenvalue weighted by Gasteiger charge is -2.14. The summed E-state index contributed by atoms with van der Waals surface area (Å²) < 4.78 is 1.62. The molecule has 0 spiro atoms. The second kappa shape index (κ2) is 6.43. The van der Waals surface area contributed by atoms with Gasteiger partial charge in [0.25, 0.3) is 0 Å². The Hall–Kier alpha value is -2.62. The molecule has 1 N–H and O–H groups in total. The molecule has 0 saturated carbocycles. The molecule has 4 heteroatoms. The van der Waals surface area contributed by atoms with E-state index in [0.29, 0.717) is 0 Å². The van der Waals surface area contributed by atoms with Crippen LogP contribution in [0.1, 0.15) is 12.5 Å². The molecule has 1 heterocycles. The van der Waals surface area contributed by atoms with E-state index in [1.807, 2.05) is 25.1 Å². The summed E-state index contributed by atoms with van der Waals surface area (Å²) in [6.07, 6.45) is 4.27. The van der Waals surface area contributed by atoms with Crippen molar-refractivity contribution < 1.29 is 4.79 Å². The van der Waals surface area contributed by atoms with Gasteiger partial charge < -0.3 is 5.32 Å². The van der Waals surface area contributed by atoms with Gasteiger partial charge in [-0.2, -0.15) is 5.10 Å². The van der Waals surface area contributed by atoms with E-state index in [2.05, 4.69) is 40.7 Å². The van der Waals surface area contributed by atoms with Gasteiger partial charge in [0.1, 0.15) is 6.54 Å². The SMILES string of the molecule is CC(Cc1ccc2ccccc2c1)NC(=O)Cn1cccn1. The smallest absolute Gasteiger partial charge is 0.241 e. The van der Waals surface area contributed by atoms with Gasteiger partial charge in [-0.15, -0.1) is 0 Å². The number of benzene rings is 2. The Labute approximate surface area is 129 Å². The second-order valence-electron chi connectivity index (χ2n) is 5.56. The van der Waals surface area contributed by atoms with E-state index < -0.39 is 0 Å². The highest BCUT2D eigenvalue weighted by Gasteiger charge is 2.09. The van der Waals surface area contributed by atoms with Crippen molar-refractivity contribution in [1.29, 1.82) is 0 Å². The summed E-state index contributed by atoms with van der Waals surface area (Å²) in [5.74, 6) is -0.0167. The van der Waals surface area contributed by atoms with Crippen molar-refractivity contribution in [2.45, 2.75) is 25.9 Å². The molecule has 1 amide bonds. The maximum Gasteiger partial charge on any atom is 0.241 e. The Morgan fingerprint density at radius 3 is 2.77 bits per heavy atom. The number of carbonyl (C=O) groups excluding carboxylic acids is 1. The van der Waals surface area contributed by atoms with Gasteiger partial charge in [-0.3, -0.25) is 9.48 Å². The van der Waals surface area contributed by atoms with Gasteiger partial charge in [-0.25, -0.2) is 0 Å². The van der Waals surface area contributed by atoms with E-state index in [9.17, 15) is 4.79 Å². The van der Waals surface area contributed by atoms with Crippen molar-refractivity contribution in [1.82, 2.24) is 15.1 Å². The number of nitrogens with one attached hydrogen (secondary N) is 1. The van der Waals surface area contributed by atoms with Crippen molar-refractivity contribution >= 4 is 16.7 Å². The molecule has 3 rings (SSSR count). The summed E-state index contributed by atoms with van der Waals surface area (Å²) in [5.41, 5.74) is 1.23. The minimum absolute atomic E-state index is 0.0167. The van der Waals surface area contributed by atoms with E-state index in [1.54, 1.807) is 17.1 Å². The predicted octanol–water partition coefficient (Wildman–Crippen LogP) is 2.78. The zero-order valence-electron chi connectivity index (χ0n) is 12.6. The molecular weight excluding hydrogens is 274 g/mol. The van der Waals surface area contributed by atoms with Crippen LogP contribution in [0.2, 0.25) is 0 Å². The number of nitrogens with zero attached hydrogens (tertiary/aromatic N) is 2. The summed E-state index contributed by atoms with van der Waals surface area (Å²) in [4.78, 5) is 12.0. The summed E-state index contributed by atoms with van der Waals surface area (Å²) in [5, 5.41) is 9.52. The van der Waals surface area contributed by atoms with Crippen molar-refractivity contribution in [3.8, 4) is 0 Å². The third kappa shape index (κ3) is 3.52. The molecule has 0 fully saturated rings. The van der Waals surface area contributed by atoms with Crippen LogP contribution in [0.3, 0.4) is 0 Å². The third-order valence-electron chi connectivity index (χ3n) is 3.63. The Morgan fingerprint density at radius 1 is 1.18 bits per heavy atom. The number of rotatable bonds is 5.